The second-order valence-corrected chi connectivity index (χ2v) is 10.2. The predicted octanol–water partition coefficient (Wildman–Crippen LogP) is 5.07. The number of benzene rings is 3. The first-order valence-electron chi connectivity index (χ1n) is 13.1. The van der Waals surface area contributed by atoms with Crippen molar-refractivity contribution >= 4 is 23.6 Å². The minimum absolute atomic E-state index is 0.120. The average Bonchev–Trinajstić information content (AvgIpc) is 2.91. The summed E-state index contributed by atoms with van der Waals surface area (Å²) in [6.45, 7) is 7.05. The Kier molecular flexibility index (Phi) is 10.1. The van der Waals surface area contributed by atoms with Gasteiger partial charge in [-0.1, -0.05) is 48.5 Å². The number of alkyl carbamates (subject to hydrolysis) is 1. The summed E-state index contributed by atoms with van der Waals surface area (Å²) >= 11 is 0. The van der Waals surface area contributed by atoms with Crippen LogP contribution in [-0.2, 0) is 20.7 Å². The van der Waals surface area contributed by atoms with Crippen LogP contribution in [0.4, 0.5) is 10.5 Å². The Hall–Kier alpha value is -4.53. The highest BCUT2D eigenvalue weighted by Crippen LogP contribution is 2.31. The molecule has 0 saturated heterocycles. The SMILES string of the molecule is CCN(C(=O)C(Cc1ccccc1)NC(=O)OC(C)(C)C)C(C(=O)Nc1ccc(OC)cc1)c1ccccc1O. The Morgan fingerprint density at radius 2 is 1.55 bits per heavy atom. The fourth-order valence-corrected chi connectivity index (χ4v) is 4.22. The molecule has 0 aliphatic carbocycles. The van der Waals surface area contributed by atoms with Crippen molar-refractivity contribution in [3.8, 4) is 11.5 Å². The van der Waals surface area contributed by atoms with Crippen molar-refractivity contribution in [1.82, 2.24) is 10.2 Å². The number of nitrogens with zero attached hydrogens (tertiary/aromatic N) is 1. The van der Waals surface area contributed by atoms with E-state index in [0.717, 1.165) is 5.56 Å². The van der Waals surface area contributed by atoms with E-state index in [1.807, 2.05) is 30.3 Å². The van der Waals surface area contributed by atoms with Gasteiger partial charge in [0.05, 0.1) is 7.11 Å². The number of carbonyl (C=O) groups excluding carboxylic acids is 3. The van der Waals surface area contributed by atoms with Gasteiger partial charge in [0, 0.05) is 24.2 Å². The van der Waals surface area contributed by atoms with Crippen LogP contribution in [0.2, 0.25) is 0 Å². The standard InChI is InChI=1S/C31H37N3O6/c1-6-34(29(37)25(20-21-12-8-7-9-13-21)33-30(38)40-31(2,3)4)27(24-14-10-11-15-26(24)35)28(36)32-22-16-18-23(39-5)19-17-22/h7-19,25,27,35H,6,20H2,1-5H3,(H,32,36)(H,33,38). The van der Waals surface area contributed by atoms with Crippen molar-refractivity contribution in [3.05, 3.63) is 90.0 Å². The molecule has 3 aromatic carbocycles. The molecule has 9 heteroatoms. The van der Waals surface area contributed by atoms with Crippen molar-refractivity contribution in [3.63, 3.8) is 0 Å². The molecular formula is C31H37N3O6. The van der Waals surface area contributed by atoms with Gasteiger partial charge in [-0.3, -0.25) is 9.59 Å². The van der Waals surface area contributed by atoms with Crippen molar-refractivity contribution in [2.45, 2.75) is 51.8 Å². The number of aromatic hydroxyl groups is 1. The van der Waals surface area contributed by atoms with Gasteiger partial charge in [0.1, 0.15) is 29.2 Å². The summed E-state index contributed by atoms with van der Waals surface area (Å²) in [5.74, 6) is -0.547. The van der Waals surface area contributed by atoms with Gasteiger partial charge >= 0.3 is 6.09 Å². The van der Waals surface area contributed by atoms with E-state index in [2.05, 4.69) is 10.6 Å². The van der Waals surface area contributed by atoms with Gasteiger partial charge in [-0.15, -0.1) is 0 Å². The van der Waals surface area contributed by atoms with E-state index in [-0.39, 0.29) is 24.3 Å². The lowest BCUT2D eigenvalue weighted by molar-refractivity contribution is -0.140. The molecule has 3 aromatic rings. The number of para-hydroxylation sites is 1. The smallest absolute Gasteiger partial charge is 0.408 e. The van der Waals surface area contributed by atoms with E-state index in [4.69, 9.17) is 9.47 Å². The lowest BCUT2D eigenvalue weighted by atomic mass is 9.99. The first kappa shape index (κ1) is 30.0. The summed E-state index contributed by atoms with van der Waals surface area (Å²) in [4.78, 5) is 42.0. The topological polar surface area (TPSA) is 117 Å². The number of rotatable bonds is 10. The predicted molar refractivity (Wildman–Crippen MR) is 153 cm³/mol. The Morgan fingerprint density at radius 1 is 0.925 bits per heavy atom. The summed E-state index contributed by atoms with van der Waals surface area (Å²) in [7, 11) is 1.55. The number of hydrogen-bond donors (Lipinski definition) is 3. The molecule has 9 nitrogen and oxygen atoms in total. The van der Waals surface area contributed by atoms with Crippen LogP contribution in [0.15, 0.2) is 78.9 Å². The monoisotopic (exact) mass is 547 g/mol. The molecular weight excluding hydrogens is 510 g/mol. The zero-order valence-electron chi connectivity index (χ0n) is 23.5. The van der Waals surface area contributed by atoms with Crippen LogP contribution in [0.3, 0.4) is 0 Å². The number of phenols is 1. The first-order chi connectivity index (χ1) is 19.0. The third-order valence-electron chi connectivity index (χ3n) is 6.04. The Morgan fingerprint density at radius 3 is 2.12 bits per heavy atom. The van der Waals surface area contributed by atoms with Gasteiger partial charge < -0.3 is 30.1 Å². The highest BCUT2D eigenvalue weighted by Gasteiger charge is 2.36. The van der Waals surface area contributed by atoms with Crippen LogP contribution in [-0.4, -0.2) is 53.2 Å². The van der Waals surface area contributed by atoms with E-state index in [9.17, 15) is 19.5 Å². The number of ether oxygens (including phenoxy) is 2. The minimum Gasteiger partial charge on any atom is -0.508 e. The quantitative estimate of drug-likeness (QED) is 0.327. The normalized spacial score (nSPS) is 12.5. The van der Waals surface area contributed by atoms with Crippen LogP contribution in [0.1, 0.15) is 44.9 Å². The van der Waals surface area contributed by atoms with Gasteiger partial charge in [0.25, 0.3) is 5.91 Å². The largest absolute Gasteiger partial charge is 0.508 e. The minimum atomic E-state index is -1.19. The molecule has 40 heavy (non-hydrogen) atoms. The molecule has 212 valence electrons. The molecule has 0 aliphatic rings. The summed E-state index contributed by atoms with van der Waals surface area (Å²) in [5, 5.41) is 16.2. The van der Waals surface area contributed by atoms with Crippen LogP contribution in [0, 0.1) is 0 Å². The number of carbonyl (C=O) groups is 3. The maximum atomic E-state index is 14.1. The molecule has 0 bridgehead atoms. The zero-order valence-corrected chi connectivity index (χ0v) is 23.5. The van der Waals surface area contributed by atoms with Crippen molar-refractivity contribution in [2.24, 2.45) is 0 Å². The molecule has 3 N–H and O–H groups in total. The number of likely N-dealkylation sites (N-methyl/N-ethyl adjacent to an activating group) is 1. The molecule has 0 heterocycles. The molecule has 0 fully saturated rings. The van der Waals surface area contributed by atoms with E-state index in [0.29, 0.717) is 11.4 Å². The molecule has 0 aromatic heterocycles. The number of nitrogens with one attached hydrogen (secondary N) is 2. The molecule has 3 amide bonds. The number of methoxy groups -OCH3 is 1. The molecule has 2 unspecified atom stereocenters. The molecule has 0 aliphatic heterocycles. The summed E-state index contributed by atoms with van der Waals surface area (Å²) in [6.07, 6.45) is -0.581. The highest BCUT2D eigenvalue weighted by molar-refractivity contribution is 5.99. The Bertz CT molecular complexity index is 1290. The Balaban J connectivity index is 1.99. The lowest BCUT2D eigenvalue weighted by Crippen LogP contribution is -2.53. The van der Waals surface area contributed by atoms with Crippen LogP contribution >= 0.6 is 0 Å². The van der Waals surface area contributed by atoms with Crippen molar-refractivity contribution in [1.29, 1.82) is 0 Å². The van der Waals surface area contributed by atoms with Gasteiger partial charge in [-0.05, 0) is 63.6 Å². The summed E-state index contributed by atoms with van der Waals surface area (Å²) < 4.78 is 10.6. The maximum absolute atomic E-state index is 14.1. The summed E-state index contributed by atoms with van der Waals surface area (Å²) in [6, 6.07) is 20.1. The van der Waals surface area contributed by atoms with Gasteiger partial charge in [-0.25, -0.2) is 4.79 Å². The third-order valence-corrected chi connectivity index (χ3v) is 6.04. The van der Waals surface area contributed by atoms with Gasteiger partial charge in [0.15, 0.2) is 0 Å². The van der Waals surface area contributed by atoms with Crippen LogP contribution < -0.4 is 15.4 Å². The second-order valence-electron chi connectivity index (χ2n) is 10.2. The van der Waals surface area contributed by atoms with Crippen molar-refractivity contribution in [2.75, 3.05) is 19.0 Å². The molecule has 2 atom stereocenters. The number of amides is 3. The van der Waals surface area contributed by atoms with E-state index in [1.54, 1.807) is 77.3 Å². The zero-order chi connectivity index (χ0) is 29.3. The number of hydrogen-bond acceptors (Lipinski definition) is 6. The average molecular weight is 548 g/mol. The molecule has 0 saturated carbocycles. The van der Waals surface area contributed by atoms with Crippen molar-refractivity contribution < 1.29 is 29.0 Å². The highest BCUT2D eigenvalue weighted by atomic mass is 16.6. The molecule has 0 spiro atoms. The van der Waals surface area contributed by atoms with E-state index in [1.165, 1.54) is 11.0 Å². The van der Waals surface area contributed by atoms with E-state index < -0.39 is 35.6 Å². The molecule has 0 radical (unpaired) electrons. The number of anilines is 1. The molecule has 3 rings (SSSR count). The van der Waals surface area contributed by atoms with Crippen LogP contribution in [0.25, 0.3) is 0 Å². The lowest BCUT2D eigenvalue weighted by Gasteiger charge is -2.34. The van der Waals surface area contributed by atoms with Gasteiger partial charge in [0.2, 0.25) is 5.91 Å². The van der Waals surface area contributed by atoms with Crippen LogP contribution in [0.5, 0.6) is 11.5 Å². The summed E-state index contributed by atoms with van der Waals surface area (Å²) in [5.41, 5.74) is 0.780. The Labute approximate surface area is 235 Å². The third kappa shape index (κ3) is 8.23. The maximum Gasteiger partial charge on any atom is 0.408 e. The second kappa shape index (κ2) is 13.5. The van der Waals surface area contributed by atoms with E-state index >= 15 is 0 Å². The fraction of sp³-hybridized carbons (Fsp3) is 0.323. The fourth-order valence-electron chi connectivity index (χ4n) is 4.22. The van der Waals surface area contributed by atoms with Gasteiger partial charge in [-0.2, -0.15) is 0 Å². The first-order valence-corrected chi connectivity index (χ1v) is 13.1. The number of phenolic OH excluding ortho intramolecular Hbond substituents is 1.